The maximum atomic E-state index is 9.00. The Morgan fingerprint density at radius 1 is 1.00 bits per heavy atom. The van der Waals surface area contributed by atoms with Gasteiger partial charge in [0.2, 0.25) is 0 Å². The van der Waals surface area contributed by atoms with Crippen LogP contribution in [0.25, 0.3) is 0 Å². The van der Waals surface area contributed by atoms with Crippen molar-refractivity contribution in [1.82, 2.24) is 0 Å². The summed E-state index contributed by atoms with van der Waals surface area (Å²) in [6.07, 6.45) is 0. The summed E-state index contributed by atoms with van der Waals surface area (Å²) in [6.45, 7) is 2.17. The summed E-state index contributed by atoms with van der Waals surface area (Å²) in [6, 6.07) is 10.0. The van der Waals surface area contributed by atoms with E-state index in [9.17, 15) is 0 Å². The molecule has 0 aromatic heterocycles. The van der Waals surface area contributed by atoms with Gasteiger partial charge in [-0.05, 0) is 0 Å². The summed E-state index contributed by atoms with van der Waals surface area (Å²) in [5.74, 6) is -1.67. The quantitative estimate of drug-likeness (QED) is 0.670. The van der Waals surface area contributed by atoms with Crippen molar-refractivity contribution in [1.29, 1.82) is 0 Å². The van der Waals surface area contributed by atoms with Crippen molar-refractivity contribution < 1.29 is 38.4 Å². The summed E-state index contributed by atoms with van der Waals surface area (Å²) in [4.78, 5) is 18.0. The number of carboxylic acids is 2. The Balaban J connectivity index is -0.000000127. The third-order valence-electron chi connectivity index (χ3n) is 0.556. The summed E-state index contributed by atoms with van der Waals surface area (Å²) in [5.41, 5.74) is 0. The molecular formula is C9H13O4V-. The second-order valence-electron chi connectivity index (χ2n) is 2.00. The molecule has 14 heavy (non-hydrogen) atoms. The molecule has 1 radical (unpaired) electrons. The van der Waals surface area contributed by atoms with Crippen molar-refractivity contribution in [3.05, 3.63) is 30.3 Å². The van der Waals surface area contributed by atoms with Crippen LogP contribution < -0.4 is 0 Å². The second-order valence-corrected chi connectivity index (χ2v) is 2.00. The molecule has 79 valence electrons. The molecule has 0 amide bonds. The Bertz CT molecular complexity index is 182. The van der Waals surface area contributed by atoms with Gasteiger partial charge in [0.05, 0.1) is 0 Å². The van der Waals surface area contributed by atoms with E-state index in [-0.39, 0.29) is 18.6 Å². The van der Waals surface area contributed by atoms with Crippen LogP contribution in [0, 0.1) is 0 Å². The van der Waals surface area contributed by atoms with Gasteiger partial charge < -0.3 is 10.2 Å². The maximum Gasteiger partial charge on any atom is 0.300 e. The molecule has 0 saturated carbocycles. The van der Waals surface area contributed by atoms with Crippen LogP contribution in [-0.2, 0) is 28.1 Å². The monoisotopic (exact) mass is 236 g/mol. The van der Waals surface area contributed by atoms with Gasteiger partial charge in [0.1, 0.15) is 0 Å². The third-order valence-corrected chi connectivity index (χ3v) is 0.556. The second kappa shape index (κ2) is 14.4. The molecule has 1 rings (SSSR count). The summed E-state index contributed by atoms with van der Waals surface area (Å²) < 4.78 is 0. The van der Waals surface area contributed by atoms with Crippen LogP contribution >= 0.6 is 0 Å². The number of hydrogen-bond donors (Lipinski definition) is 2. The minimum Gasteiger partial charge on any atom is -0.481 e. The van der Waals surface area contributed by atoms with Gasteiger partial charge in [-0.3, -0.25) is 9.59 Å². The number of aliphatic carboxylic acids is 2. The Hall–Kier alpha value is -1.13. The van der Waals surface area contributed by atoms with E-state index in [1.807, 2.05) is 30.3 Å². The molecule has 0 aliphatic heterocycles. The molecule has 5 heteroatoms. The van der Waals surface area contributed by atoms with E-state index in [0.29, 0.717) is 0 Å². The van der Waals surface area contributed by atoms with Crippen LogP contribution in [0.5, 0.6) is 0 Å². The topological polar surface area (TPSA) is 74.6 Å². The van der Waals surface area contributed by atoms with Gasteiger partial charge in [-0.2, -0.15) is 18.2 Å². The van der Waals surface area contributed by atoms with Crippen molar-refractivity contribution in [3.8, 4) is 0 Å². The number of carbonyl (C=O) groups is 2. The van der Waals surface area contributed by atoms with Crippen LogP contribution in [-0.4, -0.2) is 22.2 Å². The summed E-state index contributed by atoms with van der Waals surface area (Å²) in [5, 5.41) is 14.8. The van der Waals surface area contributed by atoms with Crippen molar-refractivity contribution in [3.63, 3.8) is 0 Å². The van der Waals surface area contributed by atoms with Gasteiger partial charge in [-0.1, -0.05) is 0 Å². The molecular weight excluding hydrogens is 223 g/mol. The van der Waals surface area contributed by atoms with E-state index in [1.165, 1.54) is 0 Å². The fourth-order valence-electron chi connectivity index (χ4n) is 0.321. The van der Waals surface area contributed by atoms with Crippen LogP contribution in [0.1, 0.15) is 13.8 Å². The molecule has 4 nitrogen and oxygen atoms in total. The zero-order valence-corrected chi connectivity index (χ0v) is 9.44. The van der Waals surface area contributed by atoms with Gasteiger partial charge in [0.25, 0.3) is 11.9 Å². The van der Waals surface area contributed by atoms with E-state index < -0.39 is 11.9 Å². The zero-order chi connectivity index (χ0) is 10.7. The minimum atomic E-state index is -0.833. The van der Waals surface area contributed by atoms with Crippen molar-refractivity contribution in [2.45, 2.75) is 13.8 Å². The zero-order valence-electron chi connectivity index (χ0n) is 8.04. The van der Waals surface area contributed by atoms with E-state index in [1.54, 1.807) is 0 Å². The molecule has 2 N–H and O–H groups in total. The Kier molecular flexibility index (Phi) is 19.2. The molecule has 0 unspecified atom stereocenters. The number of carboxylic acid groups (broad SMARTS) is 2. The maximum absolute atomic E-state index is 9.00. The van der Waals surface area contributed by atoms with Gasteiger partial charge >= 0.3 is 0 Å². The molecule has 0 fully saturated rings. The predicted octanol–water partition coefficient (Wildman–Crippen LogP) is 1.58. The molecule has 1 aromatic carbocycles. The van der Waals surface area contributed by atoms with Crippen LogP contribution in [0.15, 0.2) is 30.3 Å². The Morgan fingerprint density at radius 3 is 1.29 bits per heavy atom. The minimum absolute atomic E-state index is 0. The number of rotatable bonds is 0. The van der Waals surface area contributed by atoms with Crippen molar-refractivity contribution >= 4 is 11.9 Å². The summed E-state index contributed by atoms with van der Waals surface area (Å²) >= 11 is 0. The fourth-order valence-corrected chi connectivity index (χ4v) is 0.321. The van der Waals surface area contributed by atoms with Crippen molar-refractivity contribution in [2.75, 3.05) is 0 Å². The number of hydrogen-bond acceptors (Lipinski definition) is 2. The van der Waals surface area contributed by atoms with E-state index >= 15 is 0 Å². The first-order valence-corrected chi connectivity index (χ1v) is 3.52. The van der Waals surface area contributed by atoms with Crippen molar-refractivity contribution in [2.24, 2.45) is 0 Å². The predicted molar refractivity (Wildman–Crippen MR) is 48.7 cm³/mol. The molecule has 0 aliphatic carbocycles. The Labute approximate surface area is 94.8 Å². The van der Waals surface area contributed by atoms with Crippen LogP contribution in [0.2, 0.25) is 0 Å². The van der Waals surface area contributed by atoms with Gasteiger partial charge in [0, 0.05) is 32.4 Å². The first-order valence-electron chi connectivity index (χ1n) is 3.52. The smallest absolute Gasteiger partial charge is 0.300 e. The molecule has 0 heterocycles. The molecule has 0 bridgehead atoms. The molecule has 1 aromatic rings. The van der Waals surface area contributed by atoms with Gasteiger partial charge in [-0.25, -0.2) is 12.1 Å². The average Bonchev–Trinajstić information content (AvgIpc) is 2.35. The molecule has 0 atom stereocenters. The van der Waals surface area contributed by atoms with E-state index in [0.717, 1.165) is 13.8 Å². The normalized spacial score (nSPS) is 6.43. The fraction of sp³-hybridized carbons (Fsp3) is 0.222. The SMILES string of the molecule is CC(=O)O.CC(=O)O.[V].c1cc[cH-]c1. The van der Waals surface area contributed by atoms with Gasteiger partial charge in [0.15, 0.2) is 0 Å². The summed E-state index contributed by atoms with van der Waals surface area (Å²) in [7, 11) is 0. The Morgan fingerprint density at radius 2 is 1.21 bits per heavy atom. The standard InChI is InChI=1S/C5H5.2C2H4O2.V/c1-2-4-5-3-1;2*1-2(3)4;/h1-5H;2*1H3,(H,3,4);/q-1;;;. The molecule has 0 spiro atoms. The van der Waals surface area contributed by atoms with Gasteiger partial charge in [-0.15, -0.1) is 0 Å². The first-order chi connectivity index (χ1) is 5.96. The van der Waals surface area contributed by atoms with Crippen LogP contribution in [0.3, 0.4) is 0 Å². The van der Waals surface area contributed by atoms with Crippen LogP contribution in [0.4, 0.5) is 0 Å². The third kappa shape index (κ3) is 70.6. The van der Waals surface area contributed by atoms with E-state index in [4.69, 9.17) is 19.8 Å². The largest absolute Gasteiger partial charge is 0.481 e. The van der Waals surface area contributed by atoms with E-state index in [2.05, 4.69) is 0 Å². The first kappa shape index (κ1) is 18.6. The average molecular weight is 236 g/mol. The molecule has 0 saturated heterocycles. The molecule has 0 aliphatic rings.